The quantitative estimate of drug-likeness (QED) is 0.339. The van der Waals surface area contributed by atoms with Crippen LogP contribution >= 0.6 is 11.6 Å². The van der Waals surface area contributed by atoms with Crippen molar-refractivity contribution in [1.29, 1.82) is 0 Å². The van der Waals surface area contributed by atoms with Crippen molar-refractivity contribution in [3.63, 3.8) is 0 Å². The summed E-state index contributed by atoms with van der Waals surface area (Å²) in [5.74, 6) is -1.95. The summed E-state index contributed by atoms with van der Waals surface area (Å²) in [4.78, 5) is 42.6. The molecule has 164 valence electrons. The zero-order valence-electron chi connectivity index (χ0n) is 16.7. The van der Waals surface area contributed by atoms with Crippen LogP contribution in [0.5, 0.6) is 0 Å². The molecule has 0 unspecified atom stereocenters. The van der Waals surface area contributed by atoms with E-state index in [0.29, 0.717) is 10.1 Å². The third kappa shape index (κ3) is 3.30. The Kier molecular flexibility index (Phi) is 5.02. The maximum atomic E-state index is 13.6. The number of carbonyl (C=O) groups excluding carboxylic acids is 3. The first-order chi connectivity index (χ1) is 15.9. The van der Waals surface area contributed by atoms with E-state index in [1.165, 1.54) is 24.3 Å². The number of halogens is 3. The number of nitrogens with zero attached hydrogens (tertiary/aromatic N) is 2. The first kappa shape index (κ1) is 21.0. The third-order valence-electron chi connectivity index (χ3n) is 5.45. The van der Waals surface area contributed by atoms with E-state index in [2.05, 4.69) is 4.98 Å². The van der Waals surface area contributed by atoms with Crippen LogP contribution in [0, 0.1) is 0 Å². The van der Waals surface area contributed by atoms with Crippen LogP contribution in [-0.4, -0.2) is 27.1 Å². The van der Waals surface area contributed by atoms with Gasteiger partial charge in [-0.25, -0.2) is 9.78 Å². The summed E-state index contributed by atoms with van der Waals surface area (Å²) >= 11 is 6.36. The number of hydrogen-bond donors (Lipinski definition) is 0. The van der Waals surface area contributed by atoms with Gasteiger partial charge in [0.2, 0.25) is 0 Å². The fourth-order valence-electron chi connectivity index (χ4n) is 3.93. The summed E-state index contributed by atoms with van der Waals surface area (Å²) in [7, 11) is 0. The molecular weight excluding hydrogens is 454 g/mol. The summed E-state index contributed by atoms with van der Waals surface area (Å²) < 4.78 is 33.0. The van der Waals surface area contributed by atoms with E-state index in [4.69, 9.17) is 16.3 Å². The Labute approximate surface area is 190 Å². The number of benzene rings is 3. The van der Waals surface area contributed by atoms with Crippen LogP contribution < -0.4 is 0 Å². The third-order valence-corrected chi connectivity index (χ3v) is 5.84. The van der Waals surface area contributed by atoms with Crippen molar-refractivity contribution in [2.75, 3.05) is 0 Å². The molecule has 0 N–H and O–H groups in total. The maximum Gasteiger partial charge on any atom is 0.340 e. The van der Waals surface area contributed by atoms with Crippen molar-refractivity contribution in [3.8, 4) is 0 Å². The van der Waals surface area contributed by atoms with E-state index < -0.39 is 24.9 Å². The Hall–Kier alpha value is -3.91. The van der Waals surface area contributed by atoms with Gasteiger partial charge >= 0.3 is 12.5 Å². The van der Waals surface area contributed by atoms with Crippen molar-refractivity contribution in [2.45, 2.75) is 13.2 Å². The van der Waals surface area contributed by atoms with Crippen LogP contribution in [0.1, 0.15) is 54.6 Å². The van der Waals surface area contributed by atoms with Gasteiger partial charge in [-0.2, -0.15) is 8.78 Å². The monoisotopic (exact) mass is 466 g/mol. The van der Waals surface area contributed by atoms with Gasteiger partial charge in [-0.3, -0.25) is 14.2 Å². The van der Waals surface area contributed by atoms with Crippen LogP contribution in [-0.2, 0) is 11.3 Å². The van der Waals surface area contributed by atoms with Gasteiger partial charge in [-0.15, -0.1) is 0 Å². The highest BCUT2D eigenvalue weighted by molar-refractivity contribution is 6.41. The Morgan fingerprint density at radius 1 is 0.939 bits per heavy atom. The molecule has 3 aromatic carbocycles. The van der Waals surface area contributed by atoms with Crippen LogP contribution in [0.15, 0.2) is 60.7 Å². The van der Waals surface area contributed by atoms with Crippen molar-refractivity contribution < 1.29 is 27.9 Å². The standard InChI is InChI=1S/C24H13ClF2N2O4/c25-20-15(10-9-14-19(20)22(31)13-6-2-1-5-12(13)21(14)30)23(32)33-11-18-28-16-7-3-4-8-17(16)29(18)24(26)27/h1-10,24H,11H2. The average molecular weight is 467 g/mol. The highest BCUT2D eigenvalue weighted by Gasteiger charge is 2.33. The average Bonchev–Trinajstić information content (AvgIpc) is 3.19. The summed E-state index contributed by atoms with van der Waals surface area (Å²) in [6.07, 6.45) is 0. The van der Waals surface area contributed by atoms with Crippen LogP contribution in [0.4, 0.5) is 8.78 Å². The summed E-state index contributed by atoms with van der Waals surface area (Å²) in [6, 6.07) is 15.2. The van der Waals surface area contributed by atoms with Gasteiger partial charge in [0.05, 0.1) is 27.2 Å². The predicted octanol–water partition coefficient (Wildman–Crippen LogP) is 5.22. The van der Waals surface area contributed by atoms with Gasteiger partial charge in [0.15, 0.2) is 17.4 Å². The second-order valence-electron chi connectivity index (χ2n) is 7.29. The lowest BCUT2D eigenvalue weighted by atomic mass is 9.83. The zero-order chi connectivity index (χ0) is 23.3. The second-order valence-corrected chi connectivity index (χ2v) is 7.67. The molecule has 0 radical (unpaired) electrons. The summed E-state index contributed by atoms with van der Waals surface area (Å²) in [5, 5.41) is -0.229. The van der Waals surface area contributed by atoms with Crippen molar-refractivity contribution in [2.24, 2.45) is 0 Å². The highest BCUT2D eigenvalue weighted by Crippen LogP contribution is 2.34. The first-order valence-corrected chi connectivity index (χ1v) is 10.2. The minimum atomic E-state index is -2.89. The minimum Gasteiger partial charge on any atom is -0.454 e. The molecule has 5 rings (SSSR count). The van der Waals surface area contributed by atoms with Gasteiger partial charge in [-0.1, -0.05) is 48.0 Å². The smallest absolute Gasteiger partial charge is 0.340 e. The molecule has 0 saturated heterocycles. The highest BCUT2D eigenvalue weighted by atomic mass is 35.5. The van der Waals surface area contributed by atoms with Crippen LogP contribution in [0.2, 0.25) is 5.02 Å². The summed E-state index contributed by atoms with van der Waals surface area (Å²) in [6.45, 7) is -3.43. The van der Waals surface area contributed by atoms with E-state index in [1.54, 1.807) is 36.4 Å². The largest absolute Gasteiger partial charge is 0.454 e. The number of carbonyl (C=O) groups is 3. The van der Waals surface area contributed by atoms with E-state index in [-0.39, 0.29) is 50.0 Å². The van der Waals surface area contributed by atoms with Crippen molar-refractivity contribution in [1.82, 2.24) is 9.55 Å². The Morgan fingerprint density at radius 2 is 1.61 bits per heavy atom. The number of para-hydroxylation sites is 2. The molecule has 6 nitrogen and oxygen atoms in total. The molecule has 9 heteroatoms. The number of ether oxygens (including phenoxy) is 1. The van der Waals surface area contributed by atoms with Gasteiger partial charge < -0.3 is 4.74 Å². The van der Waals surface area contributed by atoms with E-state index in [0.717, 1.165) is 0 Å². The molecule has 33 heavy (non-hydrogen) atoms. The molecule has 1 aliphatic rings. The molecule has 4 aromatic rings. The van der Waals surface area contributed by atoms with Crippen LogP contribution in [0.3, 0.4) is 0 Å². The number of fused-ring (bicyclic) bond motifs is 3. The van der Waals surface area contributed by atoms with Crippen molar-refractivity contribution in [3.05, 3.63) is 99.3 Å². The Morgan fingerprint density at radius 3 is 2.33 bits per heavy atom. The number of ketones is 2. The van der Waals surface area contributed by atoms with E-state index in [9.17, 15) is 23.2 Å². The number of imidazole rings is 1. The molecule has 0 bridgehead atoms. The lowest BCUT2D eigenvalue weighted by molar-refractivity contribution is 0.0387. The molecule has 1 aromatic heterocycles. The topological polar surface area (TPSA) is 78.3 Å². The fourth-order valence-corrected chi connectivity index (χ4v) is 4.25. The van der Waals surface area contributed by atoms with E-state index in [1.807, 2.05) is 0 Å². The SMILES string of the molecule is O=C(OCc1nc2ccccc2n1C(F)F)c1ccc2c(c1Cl)C(=O)c1ccccc1C2=O. The minimum absolute atomic E-state index is 0.0831. The van der Waals surface area contributed by atoms with Gasteiger partial charge in [-0.05, 0) is 24.3 Å². The van der Waals surface area contributed by atoms with Gasteiger partial charge in [0.1, 0.15) is 6.61 Å². The fraction of sp³-hybridized carbons (Fsp3) is 0.0833. The molecular formula is C24H13ClF2N2O4. The number of aromatic nitrogens is 2. The van der Waals surface area contributed by atoms with Gasteiger partial charge in [0, 0.05) is 16.7 Å². The zero-order valence-corrected chi connectivity index (χ0v) is 17.5. The van der Waals surface area contributed by atoms with Crippen LogP contribution in [0.25, 0.3) is 11.0 Å². The van der Waals surface area contributed by atoms with Crippen molar-refractivity contribution >= 4 is 40.2 Å². The van der Waals surface area contributed by atoms with Gasteiger partial charge in [0.25, 0.3) is 0 Å². The molecule has 0 spiro atoms. The normalized spacial score (nSPS) is 12.7. The lowest BCUT2D eigenvalue weighted by Crippen LogP contribution is -2.22. The number of alkyl halides is 2. The second kappa shape index (κ2) is 7.90. The predicted molar refractivity (Wildman–Crippen MR) is 115 cm³/mol. The Balaban J connectivity index is 1.47. The molecule has 0 aliphatic heterocycles. The first-order valence-electron chi connectivity index (χ1n) is 9.80. The summed E-state index contributed by atoms with van der Waals surface area (Å²) in [5.41, 5.74) is 0.817. The molecule has 0 fully saturated rings. The maximum absolute atomic E-state index is 13.6. The number of rotatable bonds is 4. The molecule has 0 atom stereocenters. The molecule has 0 saturated carbocycles. The lowest BCUT2D eigenvalue weighted by Gasteiger charge is -2.19. The number of esters is 1. The Bertz CT molecular complexity index is 1480. The van der Waals surface area contributed by atoms with E-state index >= 15 is 0 Å². The number of hydrogen-bond acceptors (Lipinski definition) is 5. The molecule has 1 heterocycles. The molecule has 1 aliphatic carbocycles. The molecule has 0 amide bonds.